The molecule has 0 heterocycles. The van der Waals surface area contributed by atoms with Crippen LogP contribution < -0.4 is 4.74 Å². The van der Waals surface area contributed by atoms with E-state index in [0.717, 1.165) is 0 Å². The summed E-state index contributed by atoms with van der Waals surface area (Å²) in [6.45, 7) is 0.405. The van der Waals surface area contributed by atoms with Gasteiger partial charge in [-0.3, -0.25) is 10.1 Å². The molecule has 88 valence electrons. The molecule has 0 bridgehead atoms. The van der Waals surface area contributed by atoms with Gasteiger partial charge in [-0.2, -0.15) is 0 Å². The van der Waals surface area contributed by atoms with E-state index < -0.39 is 11.5 Å². The maximum absolute atomic E-state index is 10.6. The minimum absolute atomic E-state index is 0.110. The molecule has 16 heavy (non-hydrogen) atoms. The van der Waals surface area contributed by atoms with Gasteiger partial charge in [-0.05, 0) is 12.1 Å². The molecule has 0 aromatic heterocycles. The molecule has 6 nitrogen and oxygen atoms in total. The van der Waals surface area contributed by atoms with Crippen molar-refractivity contribution in [2.24, 2.45) is 0 Å². The molecule has 0 saturated carbocycles. The summed E-state index contributed by atoms with van der Waals surface area (Å²) in [5.41, 5.74) is 0.126. The topological polar surface area (TPSA) is 81.8 Å². The van der Waals surface area contributed by atoms with Gasteiger partial charge in [0, 0.05) is 13.2 Å². The van der Waals surface area contributed by atoms with Crippen molar-refractivity contribution in [1.29, 1.82) is 0 Å². The lowest BCUT2D eigenvalue weighted by molar-refractivity contribution is -0.385. The molecule has 6 heteroatoms. The number of nitrogens with zero attached hydrogens (tertiary/aromatic N) is 1. The maximum Gasteiger partial charge on any atom is 0.275 e. The van der Waals surface area contributed by atoms with E-state index in [1.807, 2.05) is 0 Å². The van der Waals surface area contributed by atoms with Crippen LogP contribution in [0.25, 0.3) is 0 Å². The Hall–Kier alpha value is -1.66. The predicted octanol–water partition coefficient (Wildman–Crippen LogP) is 1.11. The van der Waals surface area contributed by atoms with Gasteiger partial charge < -0.3 is 14.6 Å². The quantitative estimate of drug-likeness (QED) is 0.447. The average Bonchev–Trinajstić information content (AvgIpc) is 2.29. The van der Waals surface area contributed by atoms with Crippen LogP contribution in [-0.4, -0.2) is 30.4 Å². The highest BCUT2D eigenvalue weighted by Crippen LogP contribution is 2.23. The largest absolute Gasteiger partial charge is 0.491 e. The summed E-state index contributed by atoms with van der Waals surface area (Å²) in [5, 5.41) is 19.6. The molecule has 0 aliphatic carbocycles. The number of nitro groups is 1. The zero-order valence-electron chi connectivity index (χ0n) is 8.88. The summed E-state index contributed by atoms with van der Waals surface area (Å²) in [6.07, 6.45) is 0. The van der Waals surface area contributed by atoms with Crippen LogP contribution in [-0.2, 0) is 11.3 Å². The van der Waals surface area contributed by atoms with Crippen molar-refractivity contribution in [3.8, 4) is 5.75 Å². The van der Waals surface area contributed by atoms with Crippen LogP contribution in [0.4, 0.5) is 5.69 Å². The molecule has 0 saturated heterocycles. The molecule has 0 fully saturated rings. The summed E-state index contributed by atoms with van der Waals surface area (Å²) < 4.78 is 10.1. The molecule has 1 aromatic carbocycles. The smallest absolute Gasteiger partial charge is 0.275 e. The SMILES string of the molecule is COCCOc1ccc([N+](=O)[O-])c(CO)c1. The van der Waals surface area contributed by atoms with E-state index in [4.69, 9.17) is 14.6 Å². The van der Waals surface area contributed by atoms with Gasteiger partial charge in [0.05, 0.1) is 23.7 Å². The zero-order valence-corrected chi connectivity index (χ0v) is 8.88. The number of hydrogen-bond donors (Lipinski definition) is 1. The highest BCUT2D eigenvalue weighted by molar-refractivity contribution is 5.44. The fourth-order valence-corrected chi connectivity index (χ4v) is 1.20. The van der Waals surface area contributed by atoms with E-state index >= 15 is 0 Å². The number of aliphatic hydroxyl groups is 1. The summed E-state index contributed by atoms with van der Waals surface area (Å²) >= 11 is 0. The average molecular weight is 227 g/mol. The Kier molecular flexibility index (Phi) is 4.68. The second-order valence-electron chi connectivity index (χ2n) is 3.05. The number of aliphatic hydroxyl groups excluding tert-OH is 1. The molecule has 1 N–H and O–H groups in total. The minimum atomic E-state index is -0.537. The number of nitro benzene ring substituents is 1. The Morgan fingerprint density at radius 3 is 2.75 bits per heavy atom. The standard InChI is InChI=1S/C10H13NO5/c1-15-4-5-16-9-2-3-10(11(13)14)8(6-9)7-12/h2-3,6,12H,4-5,7H2,1H3. The second kappa shape index (κ2) is 6.04. The molecule has 0 atom stereocenters. The first-order valence-corrected chi connectivity index (χ1v) is 4.69. The number of rotatable bonds is 6. The van der Waals surface area contributed by atoms with Gasteiger partial charge in [0.25, 0.3) is 5.69 Å². The lowest BCUT2D eigenvalue weighted by Gasteiger charge is -2.06. The highest BCUT2D eigenvalue weighted by Gasteiger charge is 2.13. The summed E-state index contributed by atoms with van der Waals surface area (Å²) in [4.78, 5) is 10.0. The van der Waals surface area contributed by atoms with Gasteiger partial charge >= 0.3 is 0 Å². The van der Waals surface area contributed by atoms with Crippen LogP contribution in [0.2, 0.25) is 0 Å². The van der Waals surface area contributed by atoms with E-state index in [1.165, 1.54) is 18.2 Å². The zero-order chi connectivity index (χ0) is 12.0. The Morgan fingerprint density at radius 2 is 2.19 bits per heavy atom. The third-order valence-corrected chi connectivity index (χ3v) is 1.97. The Labute approximate surface area is 92.6 Å². The predicted molar refractivity (Wildman–Crippen MR) is 56.4 cm³/mol. The van der Waals surface area contributed by atoms with Crippen LogP contribution in [0, 0.1) is 10.1 Å². The summed E-state index contributed by atoms with van der Waals surface area (Å²) in [5.74, 6) is 0.478. The lowest BCUT2D eigenvalue weighted by atomic mass is 10.2. The van der Waals surface area contributed by atoms with Crippen LogP contribution in [0.5, 0.6) is 5.75 Å². The maximum atomic E-state index is 10.6. The first-order valence-electron chi connectivity index (χ1n) is 4.69. The molecule has 1 rings (SSSR count). The van der Waals surface area contributed by atoms with Gasteiger partial charge in [0.1, 0.15) is 12.4 Å². The van der Waals surface area contributed by atoms with E-state index in [0.29, 0.717) is 19.0 Å². The van der Waals surface area contributed by atoms with Gasteiger partial charge in [-0.1, -0.05) is 0 Å². The molecule has 1 aromatic rings. The molecule has 0 spiro atoms. The molecule has 0 aliphatic rings. The minimum Gasteiger partial charge on any atom is -0.491 e. The third kappa shape index (κ3) is 3.18. The van der Waals surface area contributed by atoms with Gasteiger partial charge in [-0.25, -0.2) is 0 Å². The van der Waals surface area contributed by atoms with Crippen molar-refractivity contribution in [2.75, 3.05) is 20.3 Å². The van der Waals surface area contributed by atoms with Crippen molar-refractivity contribution in [2.45, 2.75) is 6.61 Å². The van der Waals surface area contributed by atoms with E-state index in [2.05, 4.69) is 0 Å². The van der Waals surface area contributed by atoms with Crippen molar-refractivity contribution in [3.63, 3.8) is 0 Å². The fourth-order valence-electron chi connectivity index (χ4n) is 1.20. The van der Waals surface area contributed by atoms with Crippen LogP contribution in [0.1, 0.15) is 5.56 Å². The summed E-state index contributed by atoms with van der Waals surface area (Å²) in [7, 11) is 1.55. The lowest BCUT2D eigenvalue weighted by Crippen LogP contribution is -2.05. The highest BCUT2D eigenvalue weighted by atomic mass is 16.6. The first kappa shape index (κ1) is 12.4. The van der Waals surface area contributed by atoms with Gasteiger partial charge in [0.15, 0.2) is 0 Å². The van der Waals surface area contributed by atoms with Crippen LogP contribution in [0.3, 0.4) is 0 Å². The Morgan fingerprint density at radius 1 is 1.44 bits per heavy atom. The molecular formula is C10H13NO5. The van der Waals surface area contributed by atoms with Crippen molar-refractivity contribution >= 4 is 5.69 Å². The number of benzene rings is 1. The first-order chi connectivity index (χ1) is 7.69. The molecule has 0 radical (unpaired) electrons. The van der Waals surface area contributed by atoms with E-state index in [1.54, 1.807) is 7.11 Å². The van der Waals surface area contributed by atoms with Crippen molar-refractivity contribution in [1.82, 2.24) is 0 Å². The number of hydrogen-bond acceptors (Lipinski definition) is 5. The van der Waals surface area contributed by atoms with E-state index in [9.17, 15) is 10.1 Å². The van der Waals surface area contributed by atoms with Crippen LogP contribution >= 0.6 is 0 Å². The number of ether oxygens (including phenoxy) is 2. The molecule has 0 unspecified atom stereocenters. The van der Waals surface area contributed by atoms with Gasteiger partial charge in [-0.15, -0.1) is 0 Å². The second-order valence-corrected chi connectivity index (χ2v) is 3.05. The number of methoxy groups -OCH3 is 1. The molecule has 0 aliphatic heterocycles. The monoisotopic (exact) mass is 227 g/mol. The van der Waals surface area contributed by atoms with E-state index in [-0.39, 0.29) is 11.3 Å². The van der Waals surface area contributed by atoms with Crippen molar-refractivity contribution < 1.29 is 19.5 Å². The molecule has 0 amide bonds. The Bertz CT molecular complexity index is 366. The normalized spacial score (nSPS) is 10.1. The summed E-state index contributed by atoms with van der Waals surface area (Å²) in [6, 6.07) is 4.26. The van der Waals surface area contributed by atoms with Crippen LogP contribution in [0.15, 0.2) is 18.2 Å². The Balaban J connectivity index is 2.78. The molecular weight excluding hydrogens is 214 g/mol. The third-order valence-electron chi connectivity index (χ3n) is 1.97. The van der Waals surface area contributed by atoms with Crippen molar-refractivity contribution in [3.05, 3.63) is 33.9 Å². The van der Waals surface area contributed by atoms with Gasteiger partial charge in [0.2, 0.25) is 0 Å². The fraction of sp³-hybridized carbons (Fsp3) is 0.400.